The Balaban J connectivity index is 1.77. The molecule has 0 aromatic heterocycles. The first-order valence-corrected chi connectivity index (χ1v) is 9.58. The lowest BCUT2D eigenvalue weighted by atomic mass is 9.92. The molecular formula is C18H20N2O2S. The van der Waals surface area contributed by atoms with Crippen molar-refractivity contribution >= 4 is 21.4 Å². The van der Waals surface area contributed by atoms with Crippen LogP contribution in [0.5, 0.6) is 0 Å². The van der Waals surface area contributed by atoms with Gasteiger partial charge in [-0.15, -0.1) is 0 Å². The zero-order valence-electron chi connectivity index (χ0n) is 13.0. The first-order valence-electron chi connectivity index (χ1n) is 8.14. The smallest absolute Gasteiger partial charge is 0.264 e. The summed E-state index contributed by atoms with van der Waals surface area (Å²) in [6.07, 6.45) is 4.39. The molecule has 5 heteroatoms. The molecule has 4 rings (SSSR count). The SMILES string of the molecule is O=S(=O)(c1ccc2c(c1)CCCC2)N1CCNc2ccccc21. The monoisotopic (exact) mass is 328 g/mol. The lowest BCUT2D eigenvalue weighted by Crippen LogP contribution is -2.38. The molecule has 0 atom stereocenters. The van der Waals surface area contributed by atoms with Crippen LogP contribution in [0, 0.1) is 0 Å². The predicted molar refractivity (Wildman–Crippen MR) is 92.5 cm³/mol. The molecule has 0 saturated carbocycles. The number of hydrogen-bond acceptors (Lipinski definition) is 3. The van der Waals surface area contributed by atoms with Crippen molar-refractivity contribution in [1.29, 1.82) is 0 Å². The van der Waals surface area contributed by atoms with Crippen molar-refractivity contribution in [2.75, 3.05) is 22.7 Å². The van der Waals surface area contributed by atoms with E-state index in [0.717, 1.165) is 30.6 Å². The molecule has 0 bridgehead atoms. The summed E-state index contributed by atoms with van der Waals surface area (Å²) in [4.78, 5) is 0.412. The van der Waals surface area contributed by atoms with Crippen LogP contribution < -0.4 is 9.62 Å². The highest BCUT2D eigenvalue weighted by molar-refractivity contribution is 7.92. The molecule has 23 heavy (non-hydrogen) atoms. The molecule has 2 aromatic rings. The minimum Gasteiger partial charge on any atom is -0.382 e. The Hall–Kier alpha value is -2.01. The summed E-state index contributed by atoms with van der Waals surface area (Å²) in [7, 11) is -3.52. The number of para-hydroxylation sites is 2. The third-order valence-corrected chi connectivity index (χ3v) is 6.52. The minimum absolute atomic E-state index is 0.412. The first kappa shape index (κ1) is 14.6. The van der Waals surface area contributed by atoms with E-state index in [0.29, 0.717) is 18.0 Å². The van der Waals surface area contributed by atoms with Gasteiger partial charge in [-0.1, -0.05) is 18.2 Å². The minimum atomic E-state index is -3.52. The second-order valence-corrected chi connectivity index (χ2v) is 8.02. The Labute approximate surface area is 137 Å². The van der Waals surface area contributed by atoms with Crippen LogP contribution in [0.2, 0.25) is 0 Å². The van der Waals surface area contributed by atoms with Gasteiger partial charge >= 0.3 is 0 Å². The number of fused-ring (bicyclic) bond motifs is 2. The molecule has 1 heterocycles. The average Bonchev–Trinajstić information content (AvgIpc) is 2.60. The van der Waals surface area contributed by atoms with Crippen molar-refractivity contribution in [3.05, 3.63) is 53.6 Å². The molecule has 120 valence electrons. The lowest BCUT2D eigenvalue weighted by Gasteiger charge is -2.31. The average molecular weight is 328 g/mol. The van der Waals surface area contributed by atoms with E-state index < -0.39 is 10.0 Å². The Bertz CT molecular complexity index is 846. The topological polar surface area (TPSA) is 49.4 Å². The van der Waals surface area contributed by atoms with Crippen LogP contribution in [0.25, 0.3) is 0 Å². The Kier molecular flexibility index (Phi) is 3.53. The number of benzene rings is 2. The maximum absolute atomic E-state index is 13.1. The van der Waals surface area contributed by atoms with E-state index >= 15 is 0 Å². The molecule has 4 nitrogen and oxygen atoms in total. The van der Waals surface area contributed by atoms with E-state index in [4.69, 9.17) is 0 Å². The molecule has 0 unspecified atom stereocenters. The molecule has 0 saturated heterocycles. The zero-order chi connectivity index (χ0) is 15.9. The quantitative estimate of drug-likeness (QED) is 0.921. The molecule has 0 fully saturated rings. The summed E-state index contributed by atoms with van der Waals surface area (Å²) >= 11 is 0. The summed E-state index contributed by atoms with van der Waals surface area (Å²) < 4.78 is 27.8. The van der Waals surface area contributed by atoms with Gasteiger partial charge in [0.25, 0.3) is 10.0 Å². The van der Waals surface area contributed by atoms with Gasteiger partial charge in [0.15, 0.2) is 0 Å². The second kappa shape index (κ2) is 5.57. The number of sulfonamides is 1. The standard InChI is InChI=1S/C18H20N2O2S/c21-23(22,16-10-9-14-5-1-2-6-15(14)13-16)20-12-11-19-17-7-3-4-8-18(17)20/h3-4,7-10,13,19H,1-2,5-6,11-12H2. The van der Waals surface area contributed by atoms with Crippen LogP contribution in [0.15, 0.2) is 47.4 Å². The highest BCUT2D eigenvalue weighted by Gasteiger charge is 2.29. The van der Waals surface area contributed by atoms with E-state index in [1.54, 1.807) is 6.07 Å². The van der Waals surface area contributed by atoms with Crippen LogP contribution in [-0.4, -0.2) is 21.5 Å². The number of hydrogen-bond donors (Lipinski definition) is 1. The molecule has 0 spiro atoms. The molecule has 2 aromatic carbocycles. The third-order valence-electron chi connectivity index (χ3n) is 4.71. The summed E-state index contributed by atoms with van der Waals surface area (Å²) in [6.45, 7) is 1.08. The van der Waals surface area contributed by atoms with Crippen LogP contribution in [0.4, 0.5) is 11.4 Å². The maximum Gasteiger partial charge on any atom is 0.264 e. The van der Waals surface area contributed by atoms with E-state index in [9.17, 15) is 8.42 Å². The zero-order valence-corrected chi connectivity index (χ0v) is 13.8. The van der Waals surface area contributed by atoms with Gasteiger partial charge in [0.05, 0.1) is 22.8 Å². The summed E-state index contributed by atoms with van der Waals surface area (Å²) in [5.74, 6) is 0. The Morgan fingerprint density at radius 1 is 0.957 bits per heavy atom. The Morgan fingerprint density at radius 2 is 1.74 bits per heavy atom. The molecule has 0 amide bonds. The van der Waals surface area contributed by atoms with Crippen LogP contribution >= 0.6 is 0 Å². The second-order valence-electron chi connectivity index (χ2n) is 6.16. The number of aryl methyl sites for hydroxylation is 2. The van der Waals surface area contributed by atoms with Crippen molar-refractivity contribution in [3.63, 3.8) is 0 Å². The van der Waals surface area contributed by atoms with Crippen LogP contribution in [0.3, 0.4) is 0 Å². The summed E-state index contributed by atoms with van der Waals surface area (Å²) in [5, 5.41) is 3.26. The van der Waals surface area contributed by atoms with E-state index in [-0.39, 0.29) is 0 Å². The number of rotatable bonds is 2. The van der Waals surface area contributed by atoms with E-state index in [2.05, 4.69) is 5.32 Å². The molecule has 1 aliphatic carbocycles. The highest BCUT2D eigenvalue weighted by atomic mass is 32.2. The first-order chi connectivity index (χ1) is 11.2. The highest BCUT2D eigenvalue weighted by Crippen LogP contribution is 2.34. The molecule has 2 aliphatic rings. The van der Waals surface area contributed by atoms with Crippen molar-refractivity contribution in [2.45, 2.75) is 30.6 Å². The van der Waals surface area contributed by atoms with Gasteiger partial charge in [-0.05, 0) is 61.1 Å². The van der Waals surface area contributed by atoms with Crippen LogP contribution in [0.1, 0.15) is 24.0 Å². The van der Waals surface area contributed by atoms with Gasteiger partial charge in [-0.2, -0.15) is 0 Å². The van der Waals surface area contributed by atoms with E-state index in [1.165, 1.54) is 21.9 Å². The van der Waals surface area contributed by atoms with Gasteiger partial charge < -0.3 is 5.32 Å². The summed E-state index contributed by atoms with van der Waals surface area (Å²) in [5.41, 5.74) is 4.11. The number of nitrogens with one attached hydrogen (secondary N) is 1. The Morgan fingerprint density at radius 3 is 2.61 bits per heavy atom. The molecule has 1 N–H and O–H groups in total. The number of nitrogens with zero attached hydrogens (tertiary/aromatic N) is 1. The third kappa shape index (κ3) is 2.49. The van der Waals surface area contributed by atoms with Crippen molar-refractivity contribution < 1.29 is 8.42 Å². The van der Waals surface area contributed by atoms with Crippen molar-refractivity contribution in [1.82, 2.24) is 0 Å². The van der Waals surface area contributed by atoms with Gasteiger partial charge in [0, 0.05) is 6.54 Å². The van der Waals surface area contributed by atoms with Gasteiger partial charge in [-0.25, -0.2) is 8.42 Å². The number of anilines is 2. The van der Waals surface area contributed by atoms with Crippen molar-refractivity contribution in [3.8, 4) is 0 Å². The van der Waals surface area contributed by atoms with Gasteiger partial charge in [0.1, 0.15) is 0 Å². The van der Waals surface area contributed by atoms with Crippen LogP contribution in [-0.2, 0) is 22.9 Å². The molecule has 1 aliphatic heterocycles. The fraction of sp³-hybridized carbons (Fsp3) is 0.333. The fourth-order valence-corrected chi connectivity index (χ4v) is 5.04. The summed E-state index contributed by atoms with van der Waals surface area (Å²) in [6, 6.07) is 13.2. The van der Waals surface area contributed by atoms with Gasteiger partial charge in [-0.3, -0.25) is 4.31 Å². The van der Waals surface area contributed by atoms with Crippen molar-refractivity contribution in [2.24, 2.45) is 0 Å². The molecular weight excluding hydrogens is 308 g/mol. The normalized spacial score (nSPS) is 17.1. The predicted octanol–water partition coefficient (Wildman–Crippen LogP) is 3.19. The van der Waals surface area contributed by atoms with Gasteiger partial charge in [0.2, 0.25) is 0 Å². The largest absolute Gasteiger partial charge is 0.382 e. The fourth-order valence-electron chi connectivity index (χ4n) is 3.50. The lowest BCUT2D eigenvalue weighted by molar-refractivity contribution is 0.590. The maximum atomic E-state index is 13.1. The molecule has 0 radical (unpaired) electrons. The van der Waals surface area contributed by atoms with E-state index in [1.807, 2.05) is 36.4 Å².